The Kier molecular flexibility index (Phi) is 2.88. The number of anilines is 1. The second-order valence-electron chi connectivity index (χ2n) is 4.06. The molecule has 1 heterocycles. The molecule has 0 aliphatic carbocycles. The zero-order valence-electron chi connectivity index (χ0n) is 9.37. The lowest BCUT2D eigenvalue weighted by Crippen LogP contribution is -2.01. The van der Waals surface area contributed by atoms with Gasteiger partial charge in [0.2, 0.25) is 0 Å². The van der Waals surface area contributed by atoms with E-state index in [2.05, 4.69) is 37.1 Å². The zero-order chi connectivity index (χ0) is 11.7. The van der Waals surface area contributed by atoms with Crippen molar-refractivity contribution in [3.63, 3.8) is 0 Å². The molecule has 3 nitrogen and oxygen atoms in total. The predicted octanol–water partition coefficient (Wildman–Crippen LogP) is 2.78. The normalized spacial score (nSPS) is 10.7. The number of benzene rings is 1. The van der Waals surface area contributed by atoms with Crippen LogP contribution in [0.5, 0.6) is 0 Å². The van der Waals surface area contributed by atoms with Gasteiger partial charge in [0.1, 0.15) is 5.02 Å². The maximum Gasteiger partial charge on any atom is 0.164 e. The number of nitrogen functional groups attached to an aromatic ring is 1. The Hall–Kier alpha value is -1.48. The minimum absolute atomic E-state index is 0.381. The van der Waals surface area contributed by atoms with E-state index < -0.39 is 0 Å². The van der Waals surface area contributed by atoms with Crippen molar-refractivity contribution in [1.29, 1.82) is 0 Å². The number of aryl methyl sites for hydroxylation is 2. The minimum atomic E-state index is 0.381. The predicted molar refractivity (Wildman–Crippen MR) is 66.7 cm³/mol. The molecule has 0 atom stereocenters. The van der Waals surface area contributed by atoms with Gasteiger partial charge >= 0.3 is 0 Å². The van der Waals surface area contributed by atoms with Gasteiger partial charge in [-0.05, 0) is 19.4 Å². The average Bonchev–Trinajstić information content (AvgIpc) is 2.43. The SMILES string of the molecule is Cc1cc(C)cc(Cn2cc(Cl)c(N)n2)c1. The summed E-state index contributed by atoms with van der Waals surface area (Å²) in [7, 11) is 0. The van der Waals surface area contributed by atoms with Gasteiger partial charge in [0, 0.05) is 6.20 Å². The van der Waals surface area contributed by atoms with Crippen molar-refractivity contribution in [3.8, 4) is 0 Å². The fraction of sp³-hybridized carbons (Fsp3) is 0.250. The highest BCUT2D eigenvalue weighted by atomic mass is 35.5. The van der Waals surface area contributed by atoms with Crippen molar-refractivity contribution in [2.75, 3.05) is 5.73 Å². The summed E-state index contributed by atoms with van der Waals surface area (Å²) in [5, 5.41) is 4.63. The monoisotopic (exact) mass is 235 g/mol. The Morgan fingerprint density at radius 2 is 1.88 bits per heavy atom. The molecule has 0 radical (unpaired) electrons. The van der Waals surface area contributed by atoms with Crippen molar-refractivity contribution < 1.29 is 0 Å². The second kappa shape index (κ2) is 4.18. The van der Waals surface area contributed by atoms with Gasteiger partial charge in [0.05, 0.1) is 6.54 Å². The standard InChI is InChI=1S/C12H14ClN3/c1-8-3-9(2)5-10(4-8)6-16-7-11(13)12(14)15-16/h3-5,7H,6H2,1-2H3,(H2,14,15). The van der Waals surface area contributed by atoms with Gasteiger partial charge in [-0.1, -0.05) is 40.9 Å². The van der Waals surface area contributed by atoms with Crippen LogP contribution in [0.15, 0.2) is 24.4 Å². The molecule has 0 fully saturated rings. The van der Waals surface area contributed by atoms with Crippen LogP contribution in [0.4, 0.5) is 5.82 Å². The molecule has 2 aromatic rings. The molecule has 1 aromatic carbocycles. The maximum absolute atomic E-state index is 5.85. The molecule has 16 heavy (non-hydrogen) atoms. The molecule has 4 heteroatoms. The third-order valence-electron chi connectivity index (χ3n) is 2.37. The van der Waals surface area contributed by atoms with Crippen LogP contribution in [0.3, 0.4) is 0 Å². The molecule has 0 saturated carbocycles. The third kappa shape index (κ3) is 2.36. The van der Waals surface area contributed by atoms with Gasteiger partial charge in [-0.2, -0.15) is 5.10 Å². The first-order valence-corrected chi connectivity index (χ1v) is 5.48. The summed E-state index contributed by atoms with van der Waals surface area (Å²) in [6.07, 6.45) is 1.74. The van der Waals surface area contributed by atoms with Crippen molar-refractivity contribution in [2.45, 2.75) is 20.4 Å². The van der Waals surface area contributed by atoms with Crippen molar-refractivity contribution >= 4 is 17.4 Å². The van der Waals surface area contributed by atoms with Crippen LogP contribution >= 0.6 is 11.6 Å². The van der Waals surface area contributed by atoms with Crippen LogP contribution in [0.1, 0.15) is 16.7 Å². The Morgan fingerprint density at radius 1 is 1.25 bits per heavy atom. The topological polar surface area (TPSA) is 43.8 Å². The van der Waals surface area contributed by atoms with Gasteiger partial charge in [-0.3, -0.25) is 4.68 Å². The first kappa shape index (κ1) is 11.0. The molecule has 0 bridgehead atoms. The van der Waals surface area contributed by atoms with E-state index in [-0.39, 0.29) is 0 Å². The van der Waals surface area contributed by atoms with E-state index in [1.54, 1.807) is 10.9 Å². The van der Waals surface area contributed by atoms with Crippen molar-refractivity contribution in [3.05, 3.63) is 46.1 Å². The van der Waals surface area contributed by atoms with E-state index in [0.29, 0.717) is 17.4 Å². The van der Waals surface area contributed by atoms with Gasteiger partial charge in [-0.25, -0.2) is 0 Å². The smallest absolute Gasteiger partial charge is 0.164 e. The molecular weight excluding hydrogens is 222 g/mol. The van der Waals surface area contributed by atoms with Crippen molar-refractivity contribution in [1.82, 2.24) is 9.78 Å². The summed E-state index contributed by atoms with van der Waals surface area (Å²) in [5.41, 5.74) is 9.30. The zero-order valence-corrected chi connectivity index (χ0v) is 10.1. The summed E-state index contributed by atoms with van der Waals surface area (Å²) in [5.74, 6) is 0.381. The molecular formula is C12H14ClN3. The molecule has 0 saturated heterocycles. The van der Waals surface area contributed by atoms with Crippen LogP contribution in [0.25, 0.3) is 0 Å². The highest BCUT2D eigenvalue weighted by Crippen LogP contribution is 2.17. The van der Waals surface area contributed by atoms with Crippen LogP contribution < -0.4 is 5.73 Å². The Balaban J connectivity index is 2.26. The van der Waals surface area contributed by atoms with E-state index in [1.165, 1.54) is 16.7 Å². The molecule has 2 N–H and O–H groups in total. The summed E-state index contributed by atoms with van der Waals surface area (Å²) in [6, 6.07) is 6.42. The number of halogens is 1. The third-order valence-corrected chi connectivity index (χ3v) is 2.66. The van der Waals surface area contributed by atoms with E-state index >= 15 is 0 Å². The van der Waals surface area contributed by atoms with E-state index in [0.717, 1.165) is 0 Å². The lowest BCUT2D eigenvalue weighted by molar-refractivity contribution is 0.689. The number of aromatic nitrogens is 2. The van der Waals surface area contributed by atoms with E-state index in [4.69, 9.17) is 17.3 Å². The lowest BCUT2D eigenvalue weighted by Gasteiger charge is -2.05. The molecule has 0 spiro atoms. The molecule has 1 aromatic heterocycles. The Labute approximate surface area is 99.8 Å². The number of rotatable bonds is 2. The Bertz CT molecular complexity index is 477. The molecule has 2 rings (SSSR count). The lowest BCUT2D eigenvalue weighted by atomic mass is 10.1. The average molecular weight is 236 g/mol. The summed E-state index contributed by atoms with van der Waals surface area (Å²) >= 11 is 5.85. The molecule has 84 valence electrons. The highest BCUT2D eigenvalue weighted by Gasteiger charge is 2.03. The molecule has 0 aliphatic heterocycles. The molecule has 0 unspecified atom stereocenters. The highest BCUT2D eigenvalue weighted by molar-refractivity contribution is 6.32. The van der Waals surface area contributed by atoms with E-state index in [9.17, 15) is 0 Å². The fourth-order valence-corrected chi connectivity index (χ4v) is 1.99. The second-order valence-corrected chi connectivity index (χ2v) is 4.46. The summed E-state index contributed by atoms with van der Waals surface area (Å²) in [6.45, 7) is 4.86. The number of hydrogen-bond acceptors (Lipinski definition) is 2. The molecule has 0 amide bonds. The van der Waals surface area contributed by atoms with Gasteiger partial charge in [0.25, 0.3) is 0 Å². The molecule has 0 aliphatic rings. The van der Waals surface area contributed by atoms with Crippen LogP contribution in [0.2, 0.25) is 5.02 Å². The number of hydrogen-bond donors (Lipinski definition) is 1. The quantitative estimate of drug-likeness (QED) is 0.870. The van der Waals surface area contributed by atoms with Gasteiger partial charge in [-0.15, -0.1) is 0 Å². The summed E-state index contributed by atoms with van der Waals surface area (Å²) in [4.78, 5) is 0. The van der Waals surface area contributed by atoms with Gasteiger partial charge < -0.3 is 5.73 Å². The maximum atomic E-state index is 5.85. The van der Waals surface area contributed by atoms with Crippen LogP contribution in [-0.4, -0.2) is 9.78 Å². The minimum Gasteiger partial charge on any atom is -0.381 e. The Morgan fingerprint density at radius 3 is 2.38 bits per heavy atom. The first-order chi connectivity index (χ1) is 7.54. The number of nitrogens with two attached hydrogens (primary N) is 1. The fourth-order valence-electron chi connectivity index (χ4n) is 1.84. The number of nitrogens with zero attached hydrogens (tertiary/aromatic N) is 2. The van der Waals surface area contributed by atoms with Crippen LogP contribution in [0, 0.1) is 13.8 Å². The van der Waals surface area contributed by atoms with Gasteiger partial charge in [0.15, 0.2) is 5.82 Å². The van der Waals surface area contributed by atoms with Crippen LogP contribution in [-0.2, 0) is 6.54 Å². The summed E-state index contributed by atoms with van der Waals surface area (Å²) < 4.78 is 1.76. The largest absolute Gasteiger partial charge is 0.381 e. The first-order valence-electron chi connectivity index (χ1n) is 5.10. The van der Waals surface area contributed by atoms with Crippen molar-refractivity contribution in [2.24, 2.45) is 0 Å². The van der Waals surface area contributed by atoms with E-state index in [1.807, 2.05) is 0 Å².